The second-order valence-electron chi connectivity index (χ2n) is 6.21. The van der Waals surface area contributed by atoms with Crippen LogP contribution in [0.15, 0.2) is 52.0 Å². The molecule has 1 aromatic carbocycles. The highest BCUT2D eigenvalue weighted by atomic mass is 35.5. The summed E-state index contributed by atoms with van der Waals surface area (Å²) in [4.78, 5) is 26.6. The fourth-order valence-electron chi connectivity index (χ4n) is 2.68. The molecule has 1 aliphatic heterocycles. The Morgan fingerprint density at radius 2 is 2.00 bits per heavy atom. The van der Waals surface area contributed by atoms with Gasteiger partial charge in [-0.15, -0.1) is 0 Å². The number of furan rings is 1. The van der Waals surface area contributed by atoms with Crippen LogP contribution in [0.3, 0.4) is 0 Å². The number of hydrogen-bond donors (Lipinski definition) is 1. The van der Waals surface area contributed by atoms with Crippen molar-refractivity contribution < 1.29 is 14.0 Å². The Morgan fingerprint density at radius 1 is 1.21 bits per heavy atom. The van der Waals surface area contributed by atoms with Gasteiger partial charge in [-0.25, -0.2) is 0 Å². The first kappa shape index (κ1) is 20.6. The first-order valence-corrected chi connectivity index (χ1v) is 10.5. The monoisotopic (exact) mass is 434 g/mol. The number of carbonyl (C=O) groups excluding carboxylic acids is 2. The number of carbonyl (C=O) groups is 2. The molecule has 1 aromatic heterocycles. The third-order valence-electron chi connectivity index (χ3n) is 4.10. The zero-order valence-corrected chi connectivity index (χ0v) is 17.4. The molecule has 28 heavy (non-hydrogen) atoms. The van der Waals surface area contributed by atoms with Gasteiger partial charge in [-0.2, -0.15) is 0 Å². The minimum absolute atomic E-state index is 0.0330. The minimum Gasteiger partial charge on any atom is -0.465 e. The van der Waals surface area contributed by atoms with Crippen molar-refractivity contribution in [2.75, 3.05) is 11.9 Å². The number of unbranched alkanes of at least 4 members (excludes halogenated alkanes) is 2. The van der Waals surface area contributed by atoms with Gasteiger partial charge in [0.1, 0.15) is 10.1 Å². The summed E-state index contributed by atoms with van der Waals surface area (Å²) in [5.41, 5.74) is 0.732. The second-order valence-corrected chi connectivity index (χ2v) is 8.33. The molecule has 0 bridgehead atoms. The Hall–Kier alpha value is -2.09. The third-order valence-corrected chi connectivity index (χ3v) is 5.73. The highest BCUT2D eigenvalue weighted by Crippen LogP contribution is 2.32. The lowest BCUT2D eigenvalue weighted by Gasteiger charge is -2.14. The van der Waals surface area contributed by atoms with Crippen LogP contribution in [-0.2, 0) is 9.59 Å². The molecule has 146 valence electrons. The summed E-state index contributed by atoms with van der Waals surface area (Å²) in [7, 11) is 0. The molecule has 0 unspecified atom stereocenters. The van der Waals surface area contributed by atoms with E-state index in [-0.39, 0.29) is 11.8 Å². The van der Waals surface area contributed by atoms with E-state index in [1.165, 1.54) is 11.8 Å². The van der Waals surface area contributed by atoms with Crippen LogP contribution in [0.1, 0.15) is 31.4 Å². The van der Waals surface area contributed by atoms with Crippen LogP contribution in [0.2, 0.25) is 5.02 Å². The average molecular weight is 435 g/mol. The molecule has 3 rings (SSSR count). The summed E-state index contributed by atoms with van der Waals surface area (Å²) in [5.74, 6) is 0.508. The number of thiocarbonyl (C=S) groups is 1. The number of thioether (sulfide) groups is 1. The quantitative estimate of drug-likeness (QED) is 0.345. The maximum atomic E-state index is 12.5. The van der Waals surface area contributed by atoms with Gasteiger partial charge in [0.15, 0.2) is 0 Å². The smallest absolute Gasteiger partial charge is 0.266 e. The normalized spacial score (nSPS) is 15.5. The second kappa shape index (κ2) is 9.91. The average Bonchev–Trinajstić information content (AvgIpc) is 3.27. The van der Waals surface area contributed by atoms with Gasteiger partial charge < -0.3 is 9.73 Å². The van der Waals surface area contributed by atoms with Gasteiger partial charge in [0.25, 0.3) is 5.91 Å². The van der Waals surface area contributed by atoms with Crippen molar-refractivity contribution in [3.8, 4) is 0 Å². The number of anilines is 1. The van der Waals surface area contributed by atoms with E-state index in [4.69, 9.17) is 28.2 Å². The Labute approximate surface area is 178 Å². The lowest BCUT2D eigenvalue weighted by Crippen LogP contribution is -2.29. The molecule has 2 amide bonds. The Bertz CT molecular complexity index is 879. The SMILES string of the molecule is O=C(CCCCCN1C(=O)/C(=C/c2ccco2)SC1=S)Nc1ccc(Cl)cc1. The van der Waals surface area contributed by atoms with Crippen LogP contribution in [0.5, 0.6) is 0 Å². The van der Waals surface area contributed by atoms with Crippen LogP contribution in [0.25, 0.3) is 6.08 Å². The summed E-state index contributed by atoms with van der Waals surface area (Å²) in [6, 6.07) is 10.6. The molecule has 1 N–H and O–H groups in total. The first-order valence-electron chi connectivity index (χ1n) is 8.87. The Morgan fingerprint density at radius 3 is 2.71 bits per heavy atom. The van der Waals surface area contributed by atoms with E-state index in [1.54, 1.807) is 53.6 Å². The van der Waals surface area contributed by atoms with Gasteiger partial charge in [-0.1, -0.05) is 42.0 Å². The maximum Gasteiger partial charge on any atom is 0.266 e. The molecule has 0 spiro atoms. The van der Waals surface area contributed by atoms with Gasteiger partial charge in [-0.05, 0) is 49.2 Å². The number of halogens is 1. The highest BCUT2D eigenvalue weighted by Gasteiger charge is 2.31. The predicted molar refractivity (Wildman–Crippen MR) is 117 cm³/mol. The molecule has 0 aliphatic carbocycles. The Balaban J connectivity index is 1.38. The zero-order valence-electron chi connectivity index (χ0n) is 15.0. The number of rotatable bonds is 8. The number of amides is 2. The summed E-state index contributed by atoms with van der Waals surface area (Å²) < 4.78 is 5.81. The number of nitrogens with zero attached hydrogens (tertiary/aromatic N) is 1. The fraction of sp³-hybridized carbons (Fsp3) is 0.250. The van der Waals surface area contributed by atoms with Gasteiger partial charge in [0.05, 0.1) is 11.2 Å². The molecule has 5 nitrogen and oxygen atoms in total. The molecule has 0 atom stereocenters. The maximum absolute atomic E-state index is 12.5. The molecule has 1 saturated heterocycles. The largest absolute Gasteiger partial charge is 0.465 e. The van der Waals surface area contributed by atoms with E-state index in [0.29, 0.717) is 33.0 Å². The van der Waals surface area contributed by atoms with E-state index < -0.39 is 0 Å². The van der Waals surface area contributed by atoms with Crippen molar-refractivity contribution in [2.45, 2.75) is 25.7 Å². The van der Waals surface area contributed by atoms with Crippen molar-refractivity contribution in [2.24, 2.45) is 0 Å². The Kier molecular flexibility index (Phi) is 7.30. The van der Waals surface area contributed by atoms with Gasteiger partial charge in [0, 0.05) is 29.8 Å². The minimum atomic E-state index is -0.0909. The van der Waals surface area contributed by atoms with Crippen LogP contribution >= 0.6 is 35.6 Å². The summed E-state index contributed by atoms with van der Waals surface area (Å²) in [6.45, 7) is 0.555. The summed E-state index contributed by atoms with van der Waals surface area (Å²) in [6.07, 6.45) is 6.07. The summed E-state index contributed by atoms with van der Waals surface area (Å²) in [5, 5.41) is 3.47. The van der Waals surface area contributed by atoms with Crippen molar-refractivity contribution in [3.05, 3.63) is 58.3 Å². The van der Waals surface area contributed by atoms with E-state index in [2.05, 4.69) is 5.32 Å². The number of benzene rings is 1. The van der Waals surface area contributed by atoms with Gasteiger partial charge in [0.2, 0.25) is 5.91 Å². The fourth-order valence-corrected chi connectivity index (χ4v) is 4.10. The van der Waals surface area contributed by atoms with Crippen LogP contribution < -0.4 is 5.32 Å². The van der Waals surface area contributed by atoms with E-state index >= 15 is 0 Å². The first-order chi connectivity index (χ1) is 13.5. The van der Waals surface area contributed by atoms with Crippen LogP contribution in [0, 0.1) is 0 Å². The number of nitrogens with one attached hydrogen (secondary N) is 1. The van der Waals surface area contributed by atoms with Crippen molar-refractivity contribution in [1.82, 2.24) is 4.90 Å². The van der Waals surface area contributed by atoms with Crippen molar-refractivity contribution >= 4 is 63.5 Å². The van der Waals surface area contributed by atoms with Gasteiger partial charge >= 0.3 is 0 Å². The topological polar surface area (TPSA) is 62.6 Å². The molecule has 0 radical (unpaired) electrons. The molecule has 2 heterocycles. The standard InChI is InChI=1S/C20H19ClN2O3S2/c21-14-7-9-15(10-8-14)22-18(24)6-2-1-3-11-23-19(25)17(28-20(23)27)13-16-5-4-12-26-16/h4-5,7-10,12-13H,1-3,6,11H2,(H,22,24)/b17-13-. The molecule has 2 aromatic rings. The molecule has 0 saturated carbocycles. The molecule has 8 heteroatoms. The van der Waals surface area contributed by atoms with E-state index in [9.17, 15) is 9.59 Å². The highest BCUT2D eigenvalue weighted by molar-refractivity contribution is 8.26. The van der Waals surface area contributed by atoms with Crippen LogP contribution in [-0.4, -0.2) is 27.6 Å². The van der Waals surface area contributed by atoms with E-state index in [1.807, 2.05) is 0 Å². The van der Waals surface area contributed by atoms with E-state index in [0.717, 1.165) is 24.9 Å². The molecular weight excluding hydrogens is 416 g/mol. The van der Waals surface area contributed by atoms with Crippen molar-refractivity contribution in [1.29, 1.82) is 0 Å². The molecule has 1 fully saturated rings. The van der Waals surface area contributed by atoms with Gasteiger partial charge in [-0.3, -0.25) is 14.5 Å². The molecule has 1 aliphatic rings. The third kappa shape index (κ3) is 5.70. The van der Waals surface area contributed by atoms with Crippen LogP contribution in [0.4, 0.5) is 5.69 Å². The number of hydrogen-bond acceptors (Lipinski definition) is 5. The summed E-state index contributed by atoms with van der Waals surface area (Å²) >= 11 is 12.4. The predicted octanol–water partition coefficient (Wildman–Crippen LogP) is 5.33. The zero-order chi connectivity index (χ0) is 19.9. The lowest BCUT2D eigenvalue weighted by molar-refractivity contribution is -0.122. The lowest BCUT2D eigenvalue weighted by atomic mass is 10.1. The van der Waals surface area contributed by atoms with Crippen molar-refractivity contribution in [3.63, 3.8) is 0 Å². The molecular formula is C20H19ClN2O3S2.